The first kappa shape index (κ1) is 18.0. The standard InChI is InChI=1S/C17H20N2O4S/c1-3-23-15-11-9-14(10-12-15)18-17(20)13-19(2)24(21,22)16-7-5-4-6-8-16/h4-12H,3,13H2,1-2H3,(H,18,20). The van der Waals surface area contributed by atoms with E-state index in [9.17, 15) is 13.2 Å². The van der Waals surface area contributed by atoms with Crippen LogP contribution in [-0.2, 0) is 14.8 Å². The van der Waals surface area contributed by atoms with Gasteiger partial charge in [0.05, 0.1) is 18.0 Å². The minimum atomic E-state index is -3.69. The van der Waals surface area contributed by atoms with Crippen molar-refractivity contribution in [3.8, 4) is 5.75 Å². The molecule has 0 bridgehead atoms. The molecule has 0 aliphatic heterocycles. The number of likely N-dealkylation sites (N-methyl/N-ethyl adjacent to an activating group) is 1. The molecule has 7 heteroatoms. The number of carbonyl (C=O) groups excluding carboxylic acids is 1. The lowest BCUT2D eigenvalue weighted by Crippen LogP contribution is -2.34. The number of sulfonamides is 1. The highest BCUT2D eigenvalue weighted by Crippen LogP contribution is 2.16. The second-order valence-corrected chi connectivity index (χ2v) is 7.12. The van der Waals surface area contributed by atoms with E-state index in [0.29, 0.717) is 18.0 Å². The van der Waals surface area contributed by atoms with Gasteiger partial charge in [0.1, 0.15) is 5.75 Å². The monoisotopic (exact) mass is 348 g/mol. The summed E-state index contributed by atoms with van der Waals surface area (Å²) in [6, 6.07) is 14.9. The second kappa shape index (κ2) is 7.94. The molecule has 0 radical (unpaired) electrons. The van der Waals surface area contributed by atoms with Crippen LogP contribution in [0.1, 0.15) is 6.92 Å². The van der Waals surface area contributed by atoms with Crippen molar-refractivity contribution in [2.75, 3.05) is 25.5 Å². The number of nitrogens with one attached hydrogen (secondary N) is 1. The third-order valence-corrected chi connectivity index (χ3v) is 5.08. The van der Waals surface area contributed by atoms with E-state index in [2.05, 4.69) is 5.32 Å². The zero-order valence-corrected chi connectivity index (χ0v) is 14.4. The lowest BCUT2D eigenvalue weighted by molar-refractivity contribution is -0.116. The summed E-state index contributed by atoms with van der Waals surface area (Å²) in [6.45, 7) is 2.18. The molecule has 0 fully saturated rings. The number of carbonyl (C=O) groups is 1. The molecular formula is C17H20N2O4S. The number of rotatable bonds is 7. The minimum Gasteiger partial charge on any atom is -0.494 e. The van der Waals surface area contributed by atoms with Crippen molar-refractivity contribution in [2.24, 2.45) is 0 Å². The lowest BCUT2D eigenvalue weighted by atomic mass is 10.3. The Labute approximate surface area is 142 Å². The zero-order valence-electron chi connectivity index (χ0n) is 13.6. The summed E-state index contributed by atoms with van der Waals surface area (Å²) in [7, 11) is -2.31. The van der Waals surface area contributed by atoms with E-state index in [-0.39, 0.29) is 11.4 Å². The molecule has 0 heterocycles. The minimum absolute atomic E-state index is 0.154. The van der Waals surface area contributed by atoms with E-state index in [1.807, 2.05) is 6.92 Å². The predicted octanol–water partition coefficient (Wildman–Crippen LogP) is 2.34. The fraction of sp³-hybridized carbons (Fsp3) is 0.235. The summed E-state index contributed by atoms with van der Waals surface area (Å²) < 4.78 is 31.1. The van der Waals surface area contributed by atoms with Crippen molar-refractivity contribution in [3.63, 3.8) is 0 Å². The normalized spacial score (nSPS) is 11.3. The van der Waals surface area contributed by atoms with Crippen molar-refractivity contribution in [1.29, 1.82) is 0 Å². The number of ether oxygens (including phenoxy) is 1. The zero-order chi connectivity index (χ0) is 17.6. The van der Waals surface area contributed by atoms with Crippen LogP contribution in [0.25, 0.3) is 0 Å². The van der Waals surface area contributed by atoms with E-state index in [1.165, 1.54) is 19.2 Å². The van der Waals surface area contributed by atoms with E-state index < -0.39 is 15.9 Å². The Morgan fingerprint density at radius 1 is 1.08 bits per heavy atom. The predicted molar refractivity (Wildman–Crippen MR) is 92.5 cm³/mol. The molecule has 2 rings (SSSR count). The Kier molecular flexibility index (Phi) is 5.94. The topological polar surface area (TPSA) is 75.7 Å². The molecule has 0 unspecified atom stereocenters. The van der Waals surface area contributed by atoms with E-state index >= 15 is 0 Å². The van der Waals surface area contributed by atoms with E-state index in [0.717, 1.165) is 4.31 Å². The third-order valence-electron chi connectivity index (χ3n) is 3.27. The van der Waals surface area contributed by atoms with Gasteiger partial charge in [-0.25, -0.2) is 8.42 Å². The van der Waals surface area contributed by atoms with Gasteiger partial charge in [-0.3, -0.25) is 4.79 Å². The van der Waals surface area contributed by atoms with Gasteiger partial charge in [-0.1, -0.05) is 18.2 Å². The SMILES string of the molecule is CCOc1ccc(NC(=O)CN(C)S(=O)(=O)c2ccccc2)cc1. The number of amides is 1. The first-order valence-corrected chi connectivity index (χ1v) is 8.91. The van der Waals surface area contributed by atoms with Gasteiger partial charge in [0.15, 0.2) is 0 Å². The molecule has 1 N–H and O–H groups in total. The Morgan fingerprint density at radius 3 is 2.29 bits per heavy atom. The lowest BCUT2D eigenvalue weighted by Gasteiger charge is -2.17. The van der Waals surface area contributed by atoms with Gasteiger partial charge in [-0.2, -0.15) is 4.31 Å². The van der Waals surface area contributed by atoms with Crippen molar-refractivity contribution < 1.29 is 17.9 Å². The van der Waals surface area contributed by atoms with E-state index in [4.69, 9.17) is 4.74 Å². The molecule has 24 heavy (non-hydrogen) atoms. The maximum absolute atomic E-state index is 12.4. The highest BCUT2D eigenvalue weighted by Gasteiger charge is 2.22. The number of benzene rings is 2. The molecule has 0 spiro atoms. The molecule has 1 amide bonds. The average molecular weight is 348 g/mol. The molecule has 0 atom stereocenters. The Balaban J connectivity index is 1.99. The van der Waals surface area contributed by atoms with Crippen LogP contribution in [0.3, 0.4) is 0 Å². The number of anilines is 1. The molecule has 2 aromatic rings. The molecular weight excluding hydrogens is 328 g/mol. The summed E-state index contributed by atoms with van der Waals surface area (Å²) >= 11 is 0. The van der Waals surface area contributed by atoms with Crippen molar-refractivity contribution >= 4 is 21.6 Å². The van der Waals surface area contributed by atoms with Crippen molar-refractivity contribution in [1.82, 2.24) is 4.31 Å². The first-order valence-electron chi connectivity index (χ1n) is 7.47. The van der Waals surface area contributed by atoms with Crippen LogP contribution < -0.4 is 10.1 Å². The van der Waals surface area contributed by atoms with Crippen LogP contribution in [0.15, 0.2) is 59.5 Å². The Bertz CT molecular complexity index is 774. The smallest absolute Gasteiger partial charge is 0.243 e. The third kappa shape index (κ3) is 4.56. The van der Waals surface area contributed by atoms with Crippen LogP contribution in [0, 0.1) is 0 Å². The summed E-state index contributed by atoms with van der Waals surface area (Å²) in [5, 5.41) is 2.67. The summed E-state index contributed by atoms with van der Waals surface area (Å²) in [5.74, 6) is 0.292. The van der Waals surface area contributed by atoms with Crippen molar-refractivity contribution in [2.45, 2.75) is 11.8 Å². The highest BCUT2D eigenvalue weighted by molar-refractivity contribution is 7.89. The van der Waals surface area contributed by atoms with Crippen LogP contribution in [0.4, 0.5) is 5.69 Å². The number of hydrogen-bond acceptors (Lipinski definition) is 4. The Morgan fingerprint density at radius 2 is 1.71 bits per heavy atom. The molecule has 0 aliphatic carbocycles. The fourth-order valence-corrected chi connectivity index (χ4v) is 3.21. The van der Waals surface area contributed by atoms with Crippen LogP contribution >= 0.6 is 0 Å². The van der Waals surface area contributed by atoms with Gasteiger partial charge < -0.3 is 10.1 Å². The average Bonchev–Trinajstić information content (AvgIpc) is 2.57. The molecule has 2 aromatic carbocycles. The maximum Gasteiger partial charge on any atom is 0.243 e. The van der Waals surface area contributed by atoms with Crippen LogP contribution in [-0.4, -0.2) is 38.8 Å². The fourth-order valence-electron chi connectivity index (χ4n) is 2.06. The van der Waals surface area contributed by atoms with Gasteiger partial charge in [0.2, 0.25) is 15.9 Å². The van der Waals surface area contributed by atoms with E-state index in [1.54, 1.807) is 42.5 Å². The largest absolute Gasteiger partial charge is 0.494 e. The van der Waals surface area contributed by atoms with Crippen LogP contribution in [0.5, 0.6) is 5.75 Å². The molecule has 0 saturated carbocycles. The van der Waals surface area contributed by atoms with Crippen molar-refractivity contribution in [3.05, 3.63) is 54.6 Å². The maximum atomic E-state index is 12.4. The molecule has 128 valence electrons. The summed E-state index contributed by atoms with van der Waals surface area (Å²) in [5.41, 5.74) is 0.578. The molecule has 0 saturated heterocycles. The quantitative estimate of drug-likeness (QED) is 0.833. The second-order valence-electron chi connectivity index (χ2n) is 5.08. The summed E-state index contributed by atoms with van der Waals surface area (Å²) in [4.78, 5) is 12.2. The molecule has 0 aliphatic rings. The highest BCUT2D eigenvalue weighted by atomic mass is 32.2. The van der Waals surface area contributed by atoms with Gasteiger partial charge in [0, 0.05) is 12.7 Å². The first-order chi connectivity index (χ1) is 11.4. The van der Waals surface area contributed by atoms with Gasteiger partial charge in [0.25, 0.3) is 0 Å². The van der Waals surface area contributed by atoms with Crippen LogP contribution in [0.2, 0.25) is 0 Å². The van der Waals surface area contributed by atoms with Gasteiger partial charge in [-0.15, -0.1) is 0 Å². The number of hydrogen-bond donors (Lipinski definition) is 1. The summed E-state index contributed by atoms with van der Waals surface area (Å²) in [6.07, 6.45) is 0. The molecule has 0 aromatic heterocycles. The van der Waals surface area contributed by atoms with Gasteiger partial charge in [-0.05, 0) is 43.3 Å². The molecule has 6 nitrogen and oxygen atoms in total. The number of nitrogens with zero attached hydrogens (tertiary/aromatic N) is 1. The van der Waals surface area contributed by atoms with Gasteiger partial charge >= 0.3 is 0 Å². The Hall–Kier alpha value is -2.38.